The molecule has 8 nitrogen and oxygen atoms in total. The van der Waals surface area contributed by atoms with Crippen molar-refractivity contribution in [3.8, 4) is 23.0 Å². The van der Waals surface area contributed by atoms with Gasteiger partial charge in [0, 0.05) is 16.8 Å². The van der Waals surface area contributed by atoms with Gasteiger partial charge in [-0.1, -0.05) is 26.8 Å². The molecule has 9 heteroatoms. The third-order valence-corrected chi connectivity index (χ3v) is 6.89. The molecule has 1 aliphatic rings. The minimum atomic E-state index is -1.14. The van der Waals surface area contributed by atoms with Crippen LogP contribution in [0.2, 0.25) is 0 Å². The molecule has 1 fully saturated rings. The number of hydrogen-bond acceptors (Lipinski definition) is 7. The van der Waals surface area contributed by atoms with Crippen LogP contribution >= 0.6 is 0 Å². The van der Waals surface area contributed by atoms with E-state index in [9.17, 15) is 19.1 Å². The van der Waals surface area contributed by atoms with Gasteiger partial charge in [0.2, 0.25) is 5.75 Å². The summed E-state index contributed by atoms with van der Waals surface area (Å²) in [5, 5.41) is 11.7. The number of hydrogen-bond donors (Lipinski definition) is 1. The number of amides is 1. The molecule has 0 aliphatic carbocycles. The number of aliphatic hydroxyl groups excluding tert-OH is 1. The zero-order valence-corrected chi connectivity index (χ0v) is 24.2. The molecule has 1 atom stereocenters. The van der Waals surface area contributed by atoms with Crippen molar-refractivity contribution in [2.45, 2.75) is 39.2 Å². The third-order valence-electron chi connectivity index (χ3n) is 6.89. The van der Waals surface area contributed by atoms with Crippen molar-refractivity contribution in [2.24, 2.45) is 0 Å². The largest absolute Gasteiger partial charge is 0.507 e. The molecule has 41 heavy (non-hydrogen) atoms. The van der Waals surface area contributed by atoms with Crippen molar-refractivity contribution < 1.29 is 38.0 Å². The van der Waals surface area contributed by atoms with E-state index in [1.807, 2.05) is 27.7 Å². The number of anilines is 1. The number of rotatable bonds is 8. The molecule has 1 saturated heterocycles. The van der Waals surface area contributed by atoms with Crippen LogP contribution in [0.25, 0.3) is 5.76 Å². The van der Waals surface area contributed by atoms with Crippen molar-refractivity contribution in [1.29, 1.82) is 0 Å². The standard InChI is InChI=1S/C32H34FNO7/c1-8-41-23-13-12-18(14-22(23)32(2,3)4)28(35)26-27(19-15-24(38-5)30(40-7)25(16-19)39-6)34(31(37)29(26)36)21-11-9-10-20(33)17-21/h9-17,27,35H,8H2,1-7H3/b28-26+. The Kier molecular flexibility index (Phi) is 8.28. The maximum absolute atomic E-state index is 14.3. The number of benzene rings is 3. The zero-order chi connectivity index (χ0) is 30.1. The smallest absolute Gasteiger partial charge is 0.300 e. The lowest BCUT2D eigenvalue weighted by Crippen LogP contribution is -2.29. The minimum absolute atomic E-state index is 0.145. The number of ketones is 1. The number of halogens is 1. The number of Topliss-reactive ketones (excluding diaryl/α,β-unsaturated/α-hetero) is 1. The van der Waals surface area contributed by atoms with Crippen LogP contribution in [-0.2, 0) is 15.0 Å². The highest BCUT2D eigenvalue weighted by Crippen LogP contribution is 2.47. The number of methoxy groups -OCH3 is 3. The molecule has 0 radical (unpaired) electrons. The first-order chi connectivity index (χ1) is 19.5. The summed E-state index contributed by atoms with van der Waals surface area (Å²) >= 11 is 0. The molecule has 1 N–H and O–H groups in total. The van der Waals surface area contributed by atoms with Crippen LogP contribution in [0.3, 0.4) is 0 Å². The highest BCUT2D eigenvalue weighted by atomic mass is 19.1. The van der Waals surface area contributed by atoms with Gasteiger partial charge >= 0.3 is 0 Å². The summed E-state index contributed by atoms with van der Waals surface area (Å²) in [6, 6.07) is 12.5. The van der Waals surface area contributed by atoms with Crippen LogP contribution < -0.4 is 23.8 Å². The summed E-state index contributed by atoms with van der Waals surface area (Å²) in [4.78, 5) is 28.4. The Bertz CT molecular complexity index is 1500. The molecule has 3 aromatic carbocycles. The average molecular weight is 564 g/mol. The number of nitrogens with zero attached hydrogens (tertiary/aromatic N) is 1. The Morgan fingerprint density at radius 3 is 2.12 bits per heavy atom. The number of carbonyl (C=O) groups is 2. The fourth-order valence-corrected chi connectivity index (χ4v) is 5.00. The number of aliphatic hydroxyl groups is 1. The minimum Gasteiger partial charge on any atom is -0.507 e. The molecule has 0 saturated carbocycles. The predicted molar refractivity (Wildman–Crippen MR) is 154 cm³/mol. The van der Waals surface area contributed by atoms with Gasteiger partial charge in [-0.3, -0.25) is 14.5 Å². The lowest BCUT2D eigenvalue weighted by Gasteiger charge is -2.27. The first-order valence-corrected chi connectivity index (χ1v) is 13.1. The van der Waals surface area contributed by atoms with E-state index in [-0.39, 0.29) is 33.9 Å². The van der Waals surface area contributed by atoms with E-state index >= 15 is 0 Å². The summed E-state index contributed by atoms with van der Waals surface area (Å²) in [5.74, 6) is -1.29. The predicted octanol–water partition coefficient (Wildman–Crippen LogP) is 6.17. The third kappa shape index (κ3) is 5.44. The molecule has 216 valence electrons. The summed E-state index contributed by atoms with van der Waals surface area (Å²) < 4.78 is 36.6. The summed E-state index contributed by atoms with van der Waals surface area (Å²) in [6.07, 6.45) is 0. The first-order valence-electron chi connectivity index (χ1n) is 13.1. The van der Waals surface area contributed by atoms with E-state index in [0.29, 0.717) is 29.2 Å². The molecule has 1 aliphatic heterocycles. The van der Waals surface area contributed by atoms with E-state index < -0.39 is 23.5 Å². The van der Waals surface area contributed by atoms with Crippen molar-refractivity contribution >= 4 is 23.1 Å². The Hall–Kier alpha value is -4.53. The van der Waals surface area contributed by atoms with E-state index in [4.69, 9.17) is 18.9 Å². The Labute approximate surface area is 238 Å². The maximum Gasteiger partial charge on any atom is 0.300 e. The lowest BCUT2D eigenvalue weighted by molar-refractivity contribution is -0.132. The molecule has 1 amide bonds. The Morgan fingerprint density at radius 1 is 0.927 bits per heavy atom. The van der Waals surface area contributed by atoms with E-state index in [1.165, 1.54) is 39.5 Å². The zero-order valence-electron chi connectivity index (χ0n) is 24.2. The monoisotopic (exact) mass is 563 g/mol. The molecule has 1 heterocycles. The van der Waals surface area contributed by atoms with Gasteiger partial charge in [-0.05, 0) is 66.4 Å². The van der Waals surface area contributed by atoms with E-state index in [2.05, 4.69) is 0 Å². The highest BCUT2D eigenvalue weighted by Gasteiger charge is 2.47. The quantitative estimate of drug-likeness (QED) is 0.199. The topological polar surface area (TPSA) is 94.5 Å². The van der Waals surface area contributed by atoms with Crippen LogP contribution in [0.4, 0.5) is 10.1 Å². The second kappa shape index (κ2) is 11.5. The summed E-state index contributed by atoms with van der Waals surface area (Å²) in [6.45, 7) is 8.36. The SMILES string of the molecule is CCOc1ccc(/C(O)=C2\C(=O)C(=O)N(c3cccc(F)c3)C2c2cc(OC)c(OC)c(OC)c2)cc1C(C)(C)C. The second-order valence-corrected chi connectivity index (χ2v) is 10.5. The Balaban J connectivity index is 2.03. The molecule has 0 aromatic heterocycles. The van der Waals surface area contributed by atoms with Crippen molar-refractivity contribution in [2.75, 3.05) is 32.8 Å². The fourth-order valence-electron chi connectivity index (χ4n) is 5.00. The van der Waals surface area contributed by atoms with Crippen LogP contribution in [0, 0.1) is 5.82 Å². The van der Waals surface area contributed by atoms with Crippen LogP contribution in [0.5, 0.6) is 23.0 Å². The lowest BCUT2D eigenvalue weighted by atomic mass is 9.84. The molecule has 0 spiro atoms. The highest BCUT2D eigenvalue weighted by molar-refractivity contribution is 6.51. The van der Waals surface area contributed by atoms with Gasteiger partial charge in [0.25, 0.3) is 11.7 Å². The van der Waals surface area contributed by atoms with Crippen LogP contribution in [-0.4, -0.2) is 44.7 Å². The normalized spacial score (nSPS) is 16.6. The van der Waals surface area contributed by atoms with Crippen LogP contribution in [0.15, 0.2) is 60.2 Å². The average Bonchev–Trinajstić information content (AvgIpc) is 3.21. The van der Waals surface area contributed by atoms with Gasteiger partial charge in [0.05, 0.1) is 39.6 Å². The second-order valence-electron chi connectivity index (χ2n) is 10.5. The molecule has 4 rings (SSSR count). The number of carbonyl (C=O) groups excluding carboxylic acids is 2. The summed E-state index contributed by atoms with van der Waals surface area (Å²) in [5.41, 5.74) is 1.14. The van der Waals surface area contributed by atoms with Gasteiger partial charge in [0.15, 0.2) is 11.5 Å². The van der Waals surface area contributed by atoms with Crippen molar-refractivity contribution in [1.82, 2.24) is 0 Å². The number of ether oxygens (including phenoxy) is 4. The van der Waals surface area contributed by atoms with Gasteiger partial charge in [-0.15, -0.1) is 0 Å². The molecule has 0 bridgehead atoms. The van der Waals surface area contributed by atoms with Crippen LogP contribution in [0.1, 0.15) is 50.4 Å². The molecule has 3 aromatic rings. The van der Waals surface area contributed by atoms with Gasteiger partial charge in [0.1, 0.15) is 17.3 Å². The Morgan fingerprint density at radius 2 is 1.59 bits per heavy atom. The summed E-state index contributed by atoms with van der Waals surface area (Å²) in [7, 11) is 4.34. The van der Waals surface area contributed by atoms with Crippen molar-refractivity contribution in [3.05, 3.63) is 82.7 Å². The van der Waals surface area contributed by atoms with Gasteiger partial charge in [-0.2, -0.15) is 0 Å². The first kappa shape index (κ1) is 29.5. The fraction of sp³-hybridized carbons (Fsp3) is 0.312. The van der Waals surface area contributed by atoms with Gasteiger partial charge < -0.3 is 24.1 Å². The van der Waals surface area contributed by atoms with Crippen molar-refractivity contribution in [3.63, 3.8) is 0 Å². The maximum atomic E-state index is 14.3. The van der Waals surface area contributed by atoms with E-state index in [0.717, 1.165) is 16.5 Å². The molecule has 1 unspecified atom stereocenters. The molecular weight excluding hydrogens is 529 g/mol. The van der Waals surface area contributed by atoms with E-state index in [1.54, 1.807) is 30.3 Å². The molecular formula is C32H34FNO7. The van der Waals surface area contributed by atoms with Gasteiger partial charge in [-0.25, -0.2) is 4.39 Å².